The van der Waals surface area contributed by atoms with Crippen LogP contribution in [0.3, 0.4) is 0 Å². The molecule has 3 aliphatic rings. The minimum Gasteiger partial charge on any atom is -0.619 e. The Morgan fingerprint density at radius 1 is 1.38 bits per heavy atom. The van der Waals surface area contributed by atoms with Crippen molar-refractivity contribution in [2.75, 3.05) is 20.8 Å². The Morgan fingerprint density at radius 2 is 2.14 bits per heavy atom. The van der Waals surface area contributed by atoms with Crippen molar-refractivity contribution < 1.29 is 14.2 Å². The normalized spacial score (nSPS) is 25.9. The van der Waals surface area contributed by atoms with Crippen LogP contribution in [0.1, 0.15) is 31.5 Å². The van der Waals surface area contributed by atoms with Crippen molar-refractivity contribution in [3.63, 3.8) is 0 Å². The van der Waals surface area contributed by atoms with Gasteiger partial charge in [0.25, 0.3) is 0 Å². The second kappa shape index (κ2) is 6.78. The van der Waals surface area contributed by atoms with E-state index in [9.17, 15) is 10.5 Å². The molecule has 6 nitrogen and oxygen atoms in total. The Labute approximate surface area is 171 Å². The van der Waals surface area contributed by atoms with Gasteiger partial charge in [0.2, 0.25) is 0 Å². The fraction of sp³-hybridized carbons (Fsp3) is 0.391. The minimum atomic E-state index is -0.613. The number of aromatic nitrogens is 1. The predicted molar refractivity (Wildman–Crippen MR) is 109 cm³/mol. The highest BCUT2D eigenvalue weighted by Gasteiger charge is 2.42. The molecule has 3 heterocycles. The van der Waals surface area contributed by atoms with Crippen molar-refractivity contribution in [2.45, 2.75) is 38.8 Å². The Balaban J connectivity index is 1.95. The molecule has 0 fully saturated rings. The molecule has 2 unspecified atom stereocenters. The van der Waals surface area contributed by atoms with E-state index in [0.717, 1.165) is 45.9 Å². The van der Waals surface area contributed by atoms with E-state index < -0.39 is 5.60 Å². The smallest absolute Gasteiger partial charge is 0.190 e. The molecule has 0 aromatic carbocycles. The molecule has 0 amide bonds. The van der Waals surface area contributed by atoms with Gasteiger partial charge < -0.3 is 19.6 Å². The van der Waals surface area contributed by atoms with Crippen LogP contribution in [0.25, 0.3) is 5.57 Å². The van der Waals surface area contributed by atoms with Crippen molar-refractivity contribution >= 4 is 5.57 Å². The summed E-state index contributed by atoms with van der Waals surface area (Å²) in [5.74, 6) is 0.717. The third kappa shape index (κ3) is 2.77. The molecule has 0 N–H and O–H groups in total. The molecule has 4 rings (SSSR count). The zero-order valence-corrected chi connectivity index (χ0v) is 17.4. The Hall–Kier alpha value is -3.04. The lowest BCUT2D eigenvalue weighted by atomic mass is 9.83. The molecule has 0 spiro atoms. The van der Waals surface area contributed by atoms with Gasteiger partial charge in [-0.05, 0) is 43.6 Å². The molecule has 29 heavy (non-hydrogen) atoms. The standard InChI is InChI=1S/C23H25N3O3/c1-14-10-16(7-9-26(14)27)21-15(2)25-8-6-17-12-23(3,29-5)20(28-4)11-18(17)22(25)19(21)13-24/h7,9-12,15H,6,8H2,1-5H3. The van der Waals surface area contributed by atoms with Crippen molar-refractivity contribution in [3.8, 4) is 6.07 Å². The number of pyridine rings is 1. The molecule has 2 atom stereocenters. The summed E-state index contributed by atoms with van der Waals surface area (Å²) < 4.78 is 12.2. The summed E-state index contributed by atoms with van der Waals surface area (Å²) in [5.41, 5.74) is 5.67. The average molecular weight is 391 g/mol. The van der Waals surface area contributed by atoms with Crippen molar-refractivity contribution in [3.05, 3.63) is 75.1 Å². The van der Waals surface area contributed by atoms with Crippen LogP contribution in [0, 0.1) is 23.5 Å². The monoisotopic (exact) mass is 391 g/mol. The predicted octanol–water partition coefficient (Wildman–Crippen LogP) is 3.14. The van der Waals surface area contributed by atoms with Gasteiger partial charge in [-0.1, -0.05) is 0 Å². The van der Waals surface area contributed by atoms with Gasteiger partial charge in [-0.3, -0.25) is 0 Å². The van der Waals surface area contributed by atoms with Gasteiger partial charge in [0.05, 0.1) is 24.4 Å². The molecule has 1 aromatic heterocycles. The van der Waals surface area contributed by atoms with E-state index in [0.29, 0.717) is 11.3 Å². The number of hydrogen-bond acceptors (Lipinski definition) is 5. The van der Waals surface area contributed by atoms with E-state index >= 15 is 0 Å². The Kier molecular flexibility index (Phi) is 4.51. The maximum Gasteiger partial charge on any atom is 0.190 e. The summed E-state index contributed by atoms with van der Waals surface area (Å²) in [6, 6.07) is 6.14. The van der Waals surface area contributed by atoms with Crippen LogP contribution in [-0.2, 0) is 9.47 Å². The minimum absolute atomic E-state index is 0.0470. The largest absolute Gasteiger partial charge is 0.619 e. The Morgan fingerprint density at radius 3 is 2.76 bits per heavy atom. The number of allylic oxidation sites excluding steroid dienone is 3. The number of hydrogen-bond donors (Lipinski definition) is 0. The Bertz CT molecular complexity index is 1060. The molecule has 1 aromatic rings. The van der Waals surface area contributed by atoms with E-state index in [-0.39, 0.29) is 6.04 Å². The maximum atomic E-state index is 11.8. The highest BCUT2D eigenvalue weighted by Crippen LogP contribution is 2.47. The zero-order chi connectivity index (χ0) is 20.9. The van der Waals surface area contributed by atoms with Crippen LogP contribution in [0.5, 0.6) is 0 Å². The SMILES string of the molecule is COC1=CC2=C3C(C#N)=C(c4cc[n+]([O-])c(C)c4)C(C)N3CCC2=CC1(C)OC. The first kappa shape index (κ1) is 19.3. The van der Waals surface area contributed by atoms with Crippen LogP contribution in [0.15, 0.2) is 58.7 Å². The third-order valence-corrected chi connectivity index (χ3v) is 6.28. The van der Waals surface area contributed by atoms with Gasteiger partial charge in [-0.15, -0.1) is 0 Å². The molecule has 0 saturated heterocycles. The second-order valence-corrected chi connectivity index (χ2v) is 7.86. The number of nitrogens with zero attached hydrogens (tertiary/aromatic N) is 3. The fourth-order valence-corrected chi connectivity index (χ4v) is 4.63. The van der Waals surface area contributed by atoms with Crippen LogP contribution in [-0.4, -0.2) is 37.3 Å². The van der Waals surface area contributed by atoms with Crippen molar-refractivity contribution in [1.82, 2.24) is 4.90 Å². The van der Waals surface area contributed by atoms with Gasteiger partial charge in [0, 0.05) is 43.9 Å². The number of methoxy groups -OCH3 is 2. The zero-order valence-electron chi connectivity index (χ0n) is 17.4. The number of rotatable bonds is 3. The van der Waals surface area contributed by atoms with E-state index in [1.54, 1.807) is 27.2 Å². The number of aryl methyl sites for hydroxylation is 1. The van der Waals surface area contributed by atoms with E-state index in [1.165, 1.54) is 11.8 Å². The highest BCUT2D eigenvalue weighted by molar-refractivity contribution is 5.84. The van der Waals surface area contributed by atoms with Gasteiger partial charge in [-0.2, -0.15) is 9.99 Å². The van der Waals surface area contributed by atoms with Gasteiger partial charge >= 0.3 is 0 Å². The van der Waals surface area contributed by atoms with Crippen LogP contribution in [0.4, 0.5) is 0 Å². The van der Waals surface area contributed by atoms with Gasteiger partial charge in [-0.25, -0.2) is 0 Å². The lowest BCUT2D eigenvalue weighted by molar-refractivity contribution is -0.612. The lowest BCUT2D eigenvalue weighted by Gasteiger charge is -2.38. The molecule has 6 heteroatoms. The molecule has 150 valence electrons. The van der Waals surface area contributed by atoms with Crippen molar-refractivity contribution in [1.29, 1.82) is 5.26 Å². The lowest BCUT2D eigenvalue weighted by Crippen LogP contribution is -2.37. The van der Waals surface area contributed by atoms with Crippen molar-refractivity contribution in [2.24, 2.45) is 0 Å². The quantitative estimate of drug-likeness (QED) is 0.585. The first-order valence-electron chi connectivity index (χ1n) is 9.73. The van der Waals surface area contributed by atoms with E-state index in [4.69, 9.17) is 9.47 Å². The molecule has 0 radical (unpaired) electrons. The number of nitriles is 1. The average Bonchev–Trinajstić information content (AvgIpc) is 3.01. The highest BCUT2D eigenvalue weighted by atomic mass is 16.5. The molecule has 0 saturated carbocycles. The molecular formula is C23H25N3O3. The molecule has 1 aliphatic carbocycles. The number of ether oxygens (including phenoxy) is 2. The summed E-state index contributed by atoms with van der Waals surface area (Å²) in [7, 11) is 3.32. The van der Waals surface area contributed by atoms with Gasteiger partial charge in [0.1, 0.15) is 17.4 Å². The first-order chi connectivity index (χ1) is 13.8. The maximum absolute atomic E-state index is 11.8. The third-order valence-electron chi connectivity index (χ3n) is 6.28. The summed E-state index contributed by atoms with van der Waals surface area (Å²) in [6.45, 7) is 6.70. The molecule has 0 bridgehead atoms. The summed E-state index contributed by atoms with van der Waals surface area (Å²) >= 11 is 0. The topological polar surface area (TPSA) is 72.4 Å². The summed E-state index contributed by atoms with van der Waals surface area (Å²) in [4.78, 5) is 2.29. The number of fused-ring (bicyclic) bond motifs is 2. The molecule has 2 aliphatic heterocycles. The summed E-state index contributed by atoms with van der Waals surface area (Å²) in [6.07, 6.45) is 6.49. The van der Waals surface area contributed by atoms with E-state index in [1.807, 2.05) is 19.1 Å². The fourth-order valence-electron chi connectivity index (χ4n) is 4.63. The second-order valence-electron chi connectivity index (χ2n) is 7.86. The van der Waals surface area contributed by atoms with Crippen LogP contribution >= 0.6 is 0 Å². The van der Waals surface area contributed by atoms with Gasteiger partial charge in [0.15, 0.2) is 11.9 Å². The first-order valence-corrected chi connectivity index (χ1v) is 9.73. The van der Waals surface area contributed by atoms with E-state index in [2.05, 4.69) is 24.0 Å². The van der Waals surface area contributed by atoms with Crippen LogP contribution in [0.2, 0.25) is 0 Å². The summed E-state index contributed by atoms with van der Waals surface area (Å²) in [5, 5.41) is 21.9. The van der Waals surface area contributed by atoms with Crippen LogP contribution < -0.4 is 4.73 Å². The molecular weight excluding hydrogens is 366 g/mol.